The van der Waals surface area contributed by atoms with Crippen LogP contribution in [0.2, 0.25) is 0 Å². The first-order chi connectivity index (χ1) is 7.09. The molecule has 0 spiro atoms. The SMILES string of the molecule is CC1(CNC(=O)c2cccc(=O)[nH]2)CC1. The molecular formula is C11H14N2O2. The van der Waals surface area contributed by atoms with Crippen LogP contribution in [0, 0.1) is 5.41 Å². The molecule has 1 aromatic heterocycles. The number of H-pyrrole nitrogens is 1. The third-order valence-corrected chi connectivity index (χ3v) is 2.79. The quantitative estimate of drug-likeness (QED) is 0.772. The molecule has 2 rings (SSSR count). The van der Waals surface area contributed by atoms with Crippen molar-refractivity contribution in [3.05, 3.63) is 34.2 Å². The van der Waals surface area contributed by atoms with E-state index >= 15 is 0 Å². The van der Waals surface area contributed by atoms with E-state index in [0.717, 1.165) is 0 Å². The molecule has 4 heteroatoms. The van der Waals surface area contributed by atoms with Crippen LogP contribution in [-0.2, 0) is 0 Å². The first-order valence-corrected chi connectivity index (χ1v) is 5.07. The number of aromatic nitrogens is 1. The first-order valence-electron chi connectivity index (χ1n) is 5.07. The summed E-state index contributed by atoms with van der Waals surface area (Å²) >= 11 is 0. The summed E-state index contributed by atoms with van der Waals surface area (Å²) in [6.07, 6.45) is 2.33. The van der Waals surface area contributed by atoms with Gasteiger partial charge in [0, 0.05) is 12.6 Å². The third-order valence-electron chi connectivity index (χ3n) is 2.79. The summed E-state index contributed by atoms with van der Waals surface area (Å²) in [6.45, 7) is 2.82. The maximum absolute atomic E-state index is 11.6. The van der Waals surface area contributed by atoms with Gasteiger partial charge in [0.2, 0.25) is 5.56 Å². The summed E-state index contributed by atoms with van der Waals surface area (Å²) < 4.78 is 0. The second kappa shape index (κ2) is 3.53. The molecule has 1 aromatic rings. The van der Waals surface area contributed by atoms with E-state index in [2.05, 4.69) is 17.2 Å². The summed E-state index contributed by atoms with van der Waals surface area (Å²) in [5.41, 5.74) is 0.358. The number of rotatable bonds is 3. The third kappa shape index (κ3) is 2.46. The van der Waals surface area contributed by atoms with E-state index in [1.165, 1.54) is 18.9 Å². The largest absolute Gasteiger partial charge is 0.350 e. The molecule has 1 fully saturated rings. The van der Waals surface area contributed by atoms with Crippen molar-refractivity contribution in [2.45, 2.75) is 19.8 Å². The number of aromatic amines is 1. The van der Waals surface area contributed by atoms with Gasteiger partial charge in [0.1, 0.15) is 5.69 Å². The Bertz CT molecular complexity index is 432. The van der Waals surface area contributed by atoms with Crippen LogP contribution in [0.5, 0.6) is 0 Å². The van der Waals surface area contributed by atoms with Gasteiger partial charge < -0.3 is 10.3 Å². The van der Waals surface area contributed by atoms with Gasteiger partial charge in [-0.05, 0) is 24.3 Å². The summed E-state index contributed by atoms with van der Waals surface area (Å²) in [5.74, 6) is -0.208. The average Bonchev–Trinajstić information content (AvgIpc) is 2.94. The maximum Gasteiger partial charge on any atom is 0.267 e. The summed E-state index contributed by atoms with van der Waals surface area (Å²) in [5, 5.41) is 2.82. The zero-order chi connectivity index (χ0) is 10.9. The fraction of sp³-hybridized carbons (Fsp3) is 0.455. The molecule has 1 saturated carbocycles. The fourth-order valence-electron chi connectivity index (χ4n) is 1.36. The molecule has 0 aromatic carbocycles. The van der Waals surface area contributed by atoms with Crippen LogP contribution in [0.4, 0.5) is 0 Å². The molecule has 0 atom stereocenters. The highest BCUT2D eigenvalue weighted by molar-refractivity contribution is 5.92. The van der Waals surface area contributed by atoms with Crippen molar-refractivity contribution in [3.8, 4) is 0 Å². The second-order valence-corrected chi connectivity index (χ2v) is 4.42. The van der Waals surface area contributed by atoms with Gasteiger partial charge in [-0.25, -0.2) is 0 Å². The lowest BCUT2D eigenvalue weighted by molar-refractivity contribution is 0.0941. The Morgan fingerprint density at radius 2 is 2.27 bits per heavy atom. The lowest BCUT2D eigenvalue weighted by Crippen LogP contribution is -2.30. The van der Waals surface area contributed by atoms with Crippen molar-refractivity contribution >= 4 is 5.91 Å². The van der Waals surface area contributed by atoms with Crippen LogP contribution in [0.15, 0.2) is 23.0 Å². The smallest absolute Gasteiger partial charge is 0.267 e. The zero-order valence-corrected chi connectivity index (χ0v) is 8.67. The minimum Gasteiger partial charge on any atom is -0.350 e. The van der Waals surface area contributed by atoms with E-state index in [9.17, 15) is 9.59 Å². The van der Waals surface area contributed by atoms with Crippen LogP contribution >= 0.6 is 0 Å². The Kier molecular flexibility index (Phi) is 2.34. The van der Waals surface area contributed by atoms with Crippen LogP contribution in [0.3, 0.4) is 0 Å². The van der Waals surface area contributed by atoms with Crippen molar-refractivity contribution in [1.82, 2.24) is 10.3 Å². The molecule has 1 heterocycles. The number of carbonyl (C=O) groups is 1. The van der Waals surface area contributed by atoms with Crippen LogP contribution in [-0.4, -0.2) is 17.4 Å². The molecule has 2 N–H and O–H groups in total. The van der Waals surface area contributed by atoms with E-state index in [1.807, 2.05) is 0 Å². The van der Waals surface area contributed by atoms with Gasteiger partial charge in [0.15, 0.2) is 0 Å². The first kappa shape index (κ1) is 9.96. The van der Waals surface area contributed by atoms with E-state index in [-0.39, 0.29) is 16.9 Å². The summed E-state index contributed by atoms with van der Waals surface area (Å²) in [4.78, 5) is 25.1. The molecule has 80 valence electrons. The van der Waals surface area contributed by atoms with Crippen LogP contribution in [0.25, 0.3) is 0 Å². The predicted molar refractivity (Wildman–Crippen MR) is 56.7 cm³/mol. The highest BCUT2D eigenvalue weighted by Gasteiger charge is 2.37. The molecule has 0 bridgehead atoms. The van der Waals surface area contributed by atoms with E-state index in [1.54, 1.807) is 12.1 Å². The molecule has 1 amide bonds. The Morgan fingerprint density at radius 1 is 1.53 bits per heavy atom. The minimum atomic E-state index is -0.250. The number of nitrogens with one attached hydrogen (secondary N) is 2. The molecule has 1 aliphatic rings. The van der Waals surface area contributed by atoms with E-state index in [4.69, 9.17) is 0 Å². The van der Waals surface area contributed by atoms with Crippen molar-refractivity contribution in [2.75, 3.05) is 6.54 Å². The number of amides is 1. The standard InChI is InChI=1S/C11H14N2O2/c1-11(5-6-11)7-12-10(15)8-3-2-4-9(14)13-8/h2-4H,5-7H2,1H3,(H,12,15)(H,13,14). The fourth-order valence-corrected chi connectivity index (χ4v) is 1.36. The predicted octanol–water partition coefficient (Wildman–Crippen LogP) is 0.905. The maximum atomic E-state index is 11.6. The topological polar surface area (TPSA) is 62.0 Å². The molecule has 0 unspecified atom stereocenters. The summed E-state index contributed by atoms with van der Waals surface area (Å²) in [7, 11) is 0. The number of carbonyl (C=O) groups excluding carboxylic acids is 1. The van der Waals surface area contributed by atoms with Gasteiger partial charge in [0.05, 0.1) is 0 Å². The molecule has 0 aliphatic heterocycles. The Morgan fingerprint density at radius 3 is 2.87 bits per heavy atom. The van der Waals surface area contributed by atoms with Gasteiger partial charge in [-0.15, -0.1) is 0 Å². The molecule has 0 radical (unpaired) electrons. The molecule has 4 nitrogen and oxygen atoms in total. The van der Waals surface area contributed by atoms with Crippen LogP contribution in [0.1, 0.15) is 30.3 Å². The highest BCUT2D eigenvalue weighted by atomic mass is 16.2. The second-order valence-electron chi connectivity index (χ2n) is 4.42. The van der Waals surface area contributed by atoms with Crippen molar-refractivity contribution in [2.24, 2.45) is 5.41 Å². The van der Waals surface area contributed by atoms with Crippen molar-refractivity contribution < 1.29 is 4.79 Å². The van der Waals surface area contributed by atoms with E-state index in [0.29, 0.717) is 12.2 Å². The number of hydrogen-bond donors (Lipinski definition) is 2. The molecule has 1 aliphatic carbocycles. The number of hydrogen-bond acceptors (Lipinski definition) is 2. The van der Waals surface area contributed by atoms with Gasteiger partial charge in [0.25, 0.3) is 5.91 Å². The van der Waals surface area contributed by atoms with Crippen LogP contribution < -0.4 is 10.9 Å². The number of pyridine rings is 1. The highest BCUT2D eigenvalue weighted by Crippen LogP contribution is 2.43. The molecule has 0 saturated heterocycles. The lowest BCUT2D eigenvalue weighted by atomic mass is 10.1. The van der Waals surface area contributed by atoms with Gasteiger partial charge in [-0.2, -0.15) is 0 Å². The van der Waals surface area contributed by atoms with Gasteiger partial charge in [-0.1, -0.05) is 13.0 Å². The van der Waals surface area contributed by atoms with Crippen molar-refractivity contribution in [3.63, 3.8) is 0 Å². The lowest BCUT2D eigenvalue weighted by Gasteiger charge is -2.09. The van der Waals surface area contributed by atoms with Gasteiger partial charge in [-0.3, -0.25) is 9.59 Å². The van der Waals surface area contributed by atoms with Crippen molar-refractivity contribution in [1.29, 1.82) is 0 Å². The summed E-state index contributed by atoms with van der Waals surface area (Å²) in [6, 6.07) is 4.57. The van der Waals surface area contributed by atoms with E-state index < -0.39 is 0 Å². The molecular weight excluding hydrogens is 192 g/mol. The normalized spacial score (nSPS) is 17.1. The zero-order valence-electron chi connectivity index (χ0n) is 8.67. The minimum absolute atomic E-state index is 0.208. The Labute approximate surface area is 87.7 Å². The van der Waals surface area contributed by atoms with Gasteiger partial charge >= 0.3 is 0 Å². The average molecular weight is 206 g/mol. The Hall–Kier alpha value is -1.58. The molecule has 15 heavy (non-hydrogen) atoms. The Balaban J connectivity index is 1.98. The monoisotopic (exact) mass is 206 g/mol.